The molecule has 2 heterocycles. The molecule has 18 heavy (non-hydrogen) atoms. The summed E-state index contributed by atoms with van der Waals surface area (Å²) in [6.07, 6.45) is 2.29. The lowest BCUT2D eigenvalue weighted by Gasteiger charge is -2.33. The largest absolute Gasteiger partial charge is 0.396 e. The normalized spacial score (nSPS) is 16.3. The van der Waals surface area contributed by atoms with E-state index < -0.39 is 0 Å². The Labute approximate surface area is 105 Å². The zero-order valence-electron chi connectivity index (χ0n) is 9.95. The molecule has 0 saturated carbocycles. The Hall–Kier alpha value is -1.95. The minimum atomic E-state index is -0.363. The van der Waals surface area contributed by atoms with Crippen molar-refractivity contribution in [2.75, 3.05) is 24.6 Å². The molecule has 0 aromatic carbocycles. The maximum absolute atomic E-state index is 12.2. The van der Waals surface area contributed by atoms with E-state index in [9.17, 15) is 9.59 Å². The van der Waals surface area contributed by atoms with E-state index in [4.69, 9.17) is 5.11 Å². The van der Waals surface area contributed by atoms with Gasteiger partial charge in [0.1, 0.15) is 5.82 Å². The lowest BCUT2D eigenvalue weighted by molar-refractivity contribution is -0.128. The van der Waals surface area contributed by atoms with E-state index in [1.165, 1.54) is 9.80 Å². The van der Waals surface area contributed by atoms with Gasteiger partial charge in [0.25, 0.3) is 0 Å². The number of rotatable bonds is 4. The van der Waals surface area contributed by atoms with E-state index in [2.05, 4.69) is 4.98 Å². The Bertz CT molecular complexity index is 435. The van der Waals surface area contributed by atoms with Gasteiger partial charge in [0, 0.05) is 32.3 Å². The van der Waals surface area contributed by atoms with E-state index in [-0.39, 0.29) is 31.5 Å². The van der Waals surface area contributed by atoms with Gasteiger partial charge in [-0.05, 0) is 18.6 Å². The molecule has 1 saturated heterocycles. The predicted octanol–water partition coefficient (Wildman–Crippen LogP) is 0.623. The first kappa shape index (κ1) is 12.5. The maximum atomic E-state index is 12.2. The summed E-state index contributed by atoms with van der Waals surface area (Å²) in [6, 6.07) is 4.94. The highest BCUT2D eigenvalue weighted by Crippen LogP contribution is 2.18. The van der Waals surface area contributed by atoms with Crippen molar-refractivity contribution < 1.29 is 14.7 Å². The van der Waals surface area contributed by atoms with Crippen LogP contribution in [0, 0.1) is 0 Å². The molecule has 0 radical (unpaired) electrons. The summed E-state index contributed by atoms with van der Waals surface area (Å²) in [6.45, 7) is 0.558. The van der Waals surface area contributed by atoms with Gasteiger partial charge >= 0.3 is 6.03 Å². The molecule has 2 rings (SSSR count). The standard InChI is InChI=1S/C12H15N3O3/c16-9-3-7-15-11(17)5-8-14(12(15)18)10-4-1-2-6-13-10/h1-2,4,6,16H,3,5,7-9H2. The summed E-state index contributed by atoms with van der Waals surface area (Å²) in [5.74, 6) is 0.352. The molecule has 6 heteroatoms. The highest BCUT2D eigenvalue weighted by Gasteiger charge is 2.32. The minimum absolute atomic E-state index is 0.0410. The van der Waals surface area contributed by atoms with E-state index >= 15 is 0 Å². The predicted molar refractivity (Wildman–Crippen MR) is 65.0 cm³/mol. The second-order valence-corrected chi connectivity index (χ2v) is 3.99. The Morgan fingerprint density at radius 1 is 1.33 bits per heavy atom. The van der Waals surface area contributed by atoms with Gasteiger partial charge in [-0.15, -0.1) is 0 Å². The lowest BCUT2D eigenvalue weighted by Crippen LogP contribution is -2.53. The Morgan fingerprint density at radius 3 is 2.83 bits per heavy atom. The number of carbonyl (C=O) groups excluding carboxylic acids is 2. The van der Waals surface area contributed by atoms with Crippen LogP contribution < -0.4 is 4.90 Å². The fraction of sp³-hybridized carbons (Fsp3) is 0.417. The van der Waals surface area contributed by atoms with Gasteiger partial charge in [-0.3, -0.25) is 14.6 Å². The molecule has 0 unspecified atom stereocenters. The number of hydrogen-bond donors (Lipinski definition) is 1. The van der Waals surface area contributed by atoms with Crippen LogP contribution in [0.2, 0.25) is 0 Å². The molecule has 96 valence electrons. The van der Waals surface area contributed by atoms with Crippen molar-refractivity contribution in [3.05, 3.63) is 24.4 Å². The van der Waals surface area contributed by atoms with E-state index in [0.717, 1.165) is 0 Å². The summed E-state index contributed by atoms with van der Waals surface area (Å²) in [5, 5.41) is 8.78. The van der Waals surface area contributed by atoms with Crippen LogP contribution in [-0.2, 0) is 4.79 Å². The number of anilines is 1. The summed E-state index contributed by atoms with van der Waals surface area (Å²) in [4.78, 5) is 30.6. The zero-order valence-corrected chi connectivity index (χ0v) is 9.95. The number of hydrogen-bond acceptors (Lipinski definition) is 4. The van der Waals surface area contributed by atoms with Crippen molar-refractivity contribution in [1.82, 2.24) is 9.88 Å². The number of urea groups is 1. The highest BCUT2D eigenvalue weighted by molar-refractivity contribution is 6.05. The second-order valence-electron chi connectivity index (χ2n) is 3.99. The first-order valence-corrected chi connectivity index (χ1v) is 5.88. The number of amides is 3. The molecule has 1 aromatic rings. The fourth-order valence-corrected chi connectivity index (χ4v) is 1.87. The van der Waals surface area contributed by atoms with Crippen LogP contribution in [-0.4, -0.2) is 46.6 Å². The van der Waals surface area contributed by atoms with Gasteiger partial charge in [-0.1, -0.05) is 6.07 Å². The number of carbonyl (C=O) groups is 2. The summed E-state index contributed by atoms with van der Waals surface area (Å²) >= 11 is 0. The molecule has 3 amide bonds. The lowest BCUT2D eigenvalue weighted by atomic mass is 10.2. The van der Waals surface area contributed by atoms with Gasteiger partial charge in [-0.25, -0.2) is 9.78 Å². The van der Waals surface area contributed by atoms with E-state index in [0.29, 0.717) is 18.8 Å². The highest BCUT2D eigenvalue weighted by atomic mass is 16.3. The molecule has 0 aliphatic carbocycles. The van der Waals surface area contributed by atoms with Crippen LogP contribution in [0.1, 0.15) is 12.8 Å². The fourth-order valence-electron chi connectivity index (χ4n) is 1.87. The van der Waals surface area contributed by atoms with Gasteiger partial charge in [0.05, 0.1) is 0 Å². The summed E-state index contributed by atoms with van der Waals surface area (Å²) in [7, 11) is 0. The van der Waals surface area contributed by atoms with Crippen molar-refractivity contribution >= 4 is 17.8 Å². The Morgan fingerprint density at radius 2 is 2.17 bits per heavy atom. The van der Waals surface area contributed by atoms with E-state index in [1.807, 2.05) is 0 Å². The third kappa shape index (κ3) is 2.48. The molecule has 1 aliphatic heterocycles. The molecule has 0 atom stereocenters. The van der Waals surface area contributed by atoms with Crippen LogP contribution in [0.3, 0.4) is 0 Å². The van der Waals surface area contributed by atoms with Crippen LogP contribution in [0.15, 0.2) is 24.4 Å². The number of aliphatic hydroxyl groups is 1. The molecule has 1 aromatic heterocycles. The number of pyridine rings is 1. The van der Waals surface area contributed by atoms with Crippen molar-refractivity contribution in [2.45, 2.75) is 12.8 Å². The van der Waals surface area contributed by atoms with Gasteiger partial charge in [0.2, 0.25) is 5.91 Å². The first-order valence-electron chi connectivity index (χ1n) is 5.88. The van der Waals surface area contributed by atoms with Gasteiger partial charge < -0.3 is 5.11 Å². The summed E-state index contributed by atoms with van der Waals surface area (Å²) < 4.78 is 0. The topological polar surface area (TPSA) is 73.7 Å². The van der Waals surface area contributed by atoms with Crippen molar-refractivity contribution in [3.63, 3.8) is 0 Å². The molecular weight excluding hydrogens is 234 g/mol. The third-order valence-electron chi connectivity index (χ3n) is 2.78. The molecule has 0 bridgehead atoms. The van der Waals surface area contributed by atoms with Crippen LogP contribution in [0.4, 0.5) is 10.6 Å². The SMILES string of the molecule is O=C1CCN(c2ccccn2)C(=O)N1CCCO. The number of imide groups is 1. The van der Waals surface area contributed by atoms with Crippen LogP contribution >= 0.6 is 0 Å². The monoisotopic (exact) mass is 249 g/mol. The Balaban J connectivity index is 2.14. The van der Waals surface area contributed by atoms with Crippen molar-refractivity contribution in [1.29, 1.82) is 0 Å². The van der Waals surface area contributed by atoms with Crippen molar-refractivity contribution in [2.24, 2.45) is 0 Å². The molecule has 0 spiro atoms. The molecule has 1 N–H and O–H groups in total. The van der Waals surface area contributed by atoms with Crippen molar-refractivity contribution in [3.8, 4) is 0 Å². The third-order valence-corrected chi connectivity index (χ3v) is 2.78. The maximum Gasteiger partial charge on any atom is 0.332 e. The molecule has 1 fully saturated rings. The number of nitrogens with zero attached hydrogens (tertiary/aromatic N) is 3. The second kappa shape index (κ2) is 5.59. The smallest absolute Gasteiger partial charge is 0.332 e. The van der Waals surface area contributed by atoms with Crippen LogP contribution in [0.25, 0.3) is 0 Å². The van der Waals surface area contributed by atoms with Gasteiger partial charge in [-0.2, -0.15) is 0 Å². The Kier molecular flexibility index (Phi) is 3.88. The molecular formula is C12H15N3O3. The summed E-state index contributed by atoms with van der Waals surface area (Å²) in [5.41, 5.74) is 0. The molecule has 1 aliphatic rings. The average Bonchev–Trinajstić information content (AvgIpc) is 2.40. The quantitative estimate of drug-likeness (QED) is 0.849. The van der Waals surface area contributed by atoms with E-state index in [1.54, 1.807) is 24.4 Å². The first-order chi connectivity index (χ1) is 8.74. The van der Waals surface area contributed by atoms with Gasteiger partial charge in [0.15, 0.2) is 0 Å². The number of aromatic nitrogens is 1. The van der Waals surface area contributed by atoms with Crippen LogP contribution in [0.5, 0.6) is 0 Å². The number of aliphatic hydroxyl groups excluding tert-OH is 1. The molecule has 6 nitrogen and oxygen atoms in total. The minimum Gasteiger partial charge on any atom is -0.396 e. The zero-order chi connectivity index (χ0) is 13.0. The average molecular weight is 249 g/mol.